The molecule has 1 amide bonds. The van der Waals surface area contributed by atoms with Gasteiger partial charge in [-0.2, -0.15) is 0 Å². The van der Waals surface area contributed by atoms with Crippen molar-refractivity contribution in [3.8, 4) is 5.75 Å². The third-order valence-electron chi connectivity index (χ3n) is 3.52. The zero-order chi connectivity index (χ0) is 16.2. The number of hydrogen-bond acceptors (Lipinski definition) is 4. The summed E-state index contributed by atoms with van der Waals surface area (Å²) in [5.74, 6) is 1.42. The fourth-order valence-corrected chi connectivity index (χ4v) is 2.36. The van der Waals surface area contributed by atoms with E-state index < -0.39 is 0 Å². The molecule has 0 unspecified atom stereocenters. The number of pyridine rings is 1. The maximum Gasteiger partial charge on any atom is 0.254 e. The number of carbonyl (C=O) groups is 1. The number of ether oxygens (including phenoxy) is 1. The standard InChI is InChI=1S/C17H18N4O2/c1-3-23-14-9-7-13(8-10-14)17(22)20(2)12-16-19-18-15-6-4-5-11-21(15)16/h4-11H,3,12H2,1-2H3. The molecule has 0 radical (unpaired) electrons. The summed E-state index contributed by atoms with van der Waals surface area (Å²) in [6.45, 7) is 2.92. The fraction of sp³-hybridized carbons (Fsp3) is 0.235. The van der Waals surface area contributed by atoms with E-state index in [1.54, 1.807) is 36.2 Å². The van der Waals surface area contributed by atoms with Gasteiger partial charge in [0.05, 0.1) is 13.2 Å². The number of rotatable bonds is 5. The highest BCUT2D eigenvalue weighted by atomic mass is 16.5. The number of nitrogens with zero attached hydrogens (tertiary/aromatic N) is 4. The lowest BCUT2D eigenvalue weighted by atomic mass is 10.2. The van der Waals surface area contributed by atoms with Gasteiger partial charge in [0.1, 0.15) is 5.75 Å². The monoisotopic (exact) mass is 310 g/mol. The lowest BCUT2D eigenvalue weighted by Crippen LogP contribution is -2.27. The number of aromatic nitrogens is 3. The molecule has 0 spiro atoms. The minimum atomic E-state index is -0.0688. The summed E-state index contributed by atoms with van der Waals surface area (Å²) >= 11 is 0. The van der Waals surface area contributed by atoms with Crippen molar-refractivity contribution in [2.45, 2.75) is 13.5 Å². The zero-order valence-corrected chi connectivity index (χ0v) is 13.1. The number of hydrogen-bond donors (Lipinski definition) is 0. The van der Waals surface area contributed by atoms with Crippen LogP contribution in [0, 0.1) is 0 Å². The quantitative estimate of drug-likeness (QED) is 0.726. The van der Waals surface area contributed by atoms with E-state index in [-0.39, 0.29) is 5.91 Å². The Morgan fingerprint density at radius 2 is 1.96 bits per heavy atom. The van der Waals surface area contributed by atoms with Crippen molar-refractivity contribution in [2.75, 3.05) is 13.7 Å². The van der Waals surface area contributed by atoms with Gasteiger partial charge in [-0.05, 0) is 43.3 Å². The molecule has 0 aliphatic carbocycles. The van der Waals surface area contributed by atoms with Gasteiger partial charge in [-0.3, -0.25) is 9.20 Å². The molecule has 0 N–H and O–H groups in total. The van der Waals surface area contributed by atoms with Gasteiger partial charge < -0.3 is 9.64 Å². The summed E-state index contributed by atoms with van der Waals surface area (Å²) in [7, 11) is 1.75. The second-order valence-electron chi connectivity index (χ2n) is 5.16. The van der Waals surface area contributed by atoms with E-state index in [9.17, 15) is 4.79 Å². The van der Waals surface area contributed by atoms with Crippen molar-refractivity contribution in [3.63, 3.8) is 0 Å². The van der Waals surface area contributed by atoms with Crippen molar-refractivity contribution in [1.29, 1.82) is 0 Å². The maximum atomic E-state index is 12.5. The van der Waals surface area contributed by atoms with Gasteiger partial charge in [-0.25, -0.2) is 0 Å². The van der Waals surface area contributed by atoms with E-state index in [1.807, 2.05) is 35.7 Å². The molecule has 3 rings (SSSR count). The summed E-state index contributed by atoms with van der Waals surface area (Å²) in [4.78, 5) is 14.1. The Balaban J connectivity index is 1.74. The van der Waals surface area contributed by atoms with Gasteiger partial charge in [0.15, 0.2) is 11.5 Å². The summed E-state index contributed by atoms with van der Waals surface area (Å²) in [6, 6.07) is 12.8. The molecule has 2 aromatic heterocycles. The topological polar surface area (TPSA) is 59.7 Å². The lowest BCUT2D eigenvalue weighted by Gasteiger charge is -2.16. The van der Waals surface area contributed by atoms with E-state index in [2.05, 4.69) is 10.2 Å². The van der Waals surface area contributed by atoms with Crippen LogP contribution < -0.4 is 4.74 Å². The highest BCUT2D eigenvalue weighted by Gasteiger charge is 2.15. The first-order valence-electron chi connectivity index (χ1n) is 7.46. The second kappa shape index (κ2) is 6.48. The predicted octanol–water partition coefficient (Wildman–Crippen LogP) is 2.40. The molecule has 0 bridgehead atoms. The van der Waals surface area contributed by atoms with Crippen molar-refractivity contribution in [3.05, 3.63) is 60.0 Å². The van der Waals surface area contributed by atoms with Crippen LogP contribution in [-0.2, 0) is 6.54 Å². The number of amides is 1. The molecule has 2 heterocycles. The lowest BCUT2D eigenvalue weighted by molar-refractivity contribution is 0.0781. The molecule has 118 valence electrons. The van der Waals surface area contributed by atoms with E-state index in [4.69, 9.17) is 4.74 Å². The molecule has 0 atom stereocenters. The first-order chi connectivity index (χ1) is 11.2. The Labute approximate surface area is 134 Å². The molecule has 1 aromatic carbocycles. The molecule has 0 saturated heterocycles. The van der Waals surface area contributed by atoms with Crippen LogP contribution in [0.5, 0.6) is 5.75 Å². The number of carbonyl (C=O) groups excluding carboxylic acids is 1. The summed E-state index contributed by atoms with van der Waals surface area (Å²) in [6.07, 6.45) is 1.89. The normalized spacial score (nSPS) is 10.7. The van der Waals surface area contributed by atoms with Crippen LogP contribution in [0.25, 0.3) is 5.65 Å². The highest BCUT2D eigenvalue weighted by Crippen LogP contribution is 2.14. The average molecular weight is 310 g/mol. The molecular weight excluding hydrogens is 292 g/mol. The van der Waals surface area contributed by atoms with Gasteiger partial charge in [0, 0.05) is 18.8 Å². The fourth-order valence-electron chi connectivity index (χ4n) is 2.36. The van der Waals surface area contributed by atoms with E-state index in [0.29, 0.717) is 18.7 Å². The molecule has 23 heavy (non-hydrogen) atoms. The third kappa shape index (κ3) is 3.15. The van der Waals surface area contributed by atoms with Gasteiger partial charge in [-0.1, -0.05) is 6.07 Å². The van der Waals surface area contributed by atoms with Gasteiger partial charge >= 0.3 is 0 Å². The Morgan fingerprint density at radius 3 is 2.70 bits per heavy atom. The van der Waals surface area contributed by atoms with Crippen LogP contribution in [0.3, 0.4) is 0 Å². The molecule has 0 saturated carbocycles. The molecule has 0 aliphatic heterocycles. The van der Waals surface area contributed by atoms with Crippen LogP contribution in [0.2, 0.25) is 0 Å². The molecular formula is C17H18N4O2. The van der Waals surface area contributed by atoms with Crippen molar-refractivity contribution in [1.82, 2.24) is 19.5 Å². The van der Waals surface area contributed by atoms with Crippen LogP contribution >= 0.6 is 0 Å². The van der Waals surface area contributed by atoms with Crippen LogP contribution in [0.4, 0.5) is 0 Å². The van der Waals surface area contributed by atoms with Crippen molar-refractivity contribution in [2.24, 2.45) is 0 Å². The van der Waals surface area contributed by atoms with E-state index in [1.165, 1.54) is 0 Å². The van der Waals surface area contributed by atoms with Gasteiger partial charge in [-0.15, -0.1) is 10.2 Å². The number of fused-ring (bicyclic) bond motifs is 1. The molecule has 0 aliphatic rings. The Kier molecular flexibility index (Phi) is 4.23. The van der Waals surface area contributed by atoms with Gasteiger partial charge in [0.2, 0.25) is 0 Å². The van der Waals surface area contributed by atoms with Crippen LogP contribution in [0.1, 0.15) is 23.1 Å². The average Bonchev–Trinajstić information content (AvgIpc) is 2.98. The maximum absolute atomic E-state index is 12.5. The smallest absolute Gasteiger partial charge is 0.254 e. The first-order valence-corrected chi connectivity index (χ1v) is 7.46. The third-order valence-corrected chi connectivity index (χ3v) is 3.52. The summed E-state index contributed by atoms with van der Waals surface area (Å²) in [5.41, 5.74) is 1.38. The minimum absolute atomic E-state index is 0.0688. The minimum Gasteiger partial charge on any atom is -0.494 e. The van der Waals surface area contributed by atoms with Crippen LogP contribution in [0.15, 0.2) is 48.7 Å². The first kappa shape index (κ1) is 15.0. The predicted molar refractivity (Wildman–Crippen MR) is 86.4 cm³/mol. The largest absolute Gasteiger partial charge is 0.494 e. The molecule has 6 nitrogen and oxygen atoms in total. The Bertz CT molecular complexity index is 811. The van der Waals surface area contributed by atoms with Crippen LogP contribution in [-0.4, -0.2) is 39.1 Å². The molecule has 3 aromatic rings. The van der Waals surface area contributed by atoms with Crippen molar-refractivity contribution >= 4 is 11.6 Å². The Morgan fingerprint density at radius 1 is 1.17 bits per heavy atom. The summed E-state index contributed by atoms with van der Waals surface area (Å²) in [5, 5.41) is 8.24. The SMILES string of the molecule is CCOc1ccc(C(=O)N(C)Cc2nnc3ccccn23)cc1. The molecule has 6 heteroatoms. The van der Waals surface area contributed by atoms with E-state index >= 15 is 0 Å². The highest BCUT2D eigenvalue weighted by molar-refractivity contribution is 5.94. The second-order valence-corrected chi connectivity index (χ2v) is 5.16. The Hall–Kier alpha value is -2.89. The zero-order valence-electron chi connectivity index (χ0n) is 13.1. The van der Waals surface area contributed by atoms with Gasteiger partial charge in [0.25, 0.3) is 5.91 Å². The summed E-state index contributed by atoms with van der Waals surface area (Å²) < 4.78 is 7.26. The number of benzene rings is 1. The van der Waals surface area contributed by atoms with E-state index in [0.717, 1.165) is 17.2 Å². The molecule has 0 fully saturated rings. The van der Waals surface area contributed by atoms with Crippen molar-refractivity contribution < 1.29 is 9.53 Å².